The average Bonchev–Trinajstić information content (AvgIpc) is 3.74. The smallest absolute Gasteiger partial charge is 0.135 e. The van der Waals surface area contributed by atoms with Gasteiger partial charge >= 0.3 is 0 Å². The van der Waals surface area contributed by atoms with Gasteiger partial charge in [-0.1, -0.05) is 127 Å². The zero-order valence-electron chi connectivity index (χ0n) is 27.8. The number of fused-ring (bicyclic) bond motifs is 6. The molecule has 0 spiro atoms. The van der Waals surface area contributed by atoms with Crippen LogP contribution in [0.2, 0.25) is 0 Å². The third kappa shape index (κ3) is 4.82. The molecule has 0 saturated carbocycles. The maximum atomic E-state index is 6.23. The highest BCUT2D eigenvalue weighted by Crippen LogP contribution is 2.45. The van der Waals surface area contributed by atoms with E-state index in [0.717, 1.165) is 61.4 Å². The molecule has 2 heterocycles. The first-order valence-electron chi connectivity index (χ1n) is 17.4. The van der Waals surface area contributed by atoms with Crippen LogP contribution in [0.4, 0.5) is 17.1 Å². The van der Waals surface area contributed by atoms with Crippen molar-refractivity contribution < 1.29 is 4.42 Å². The molecule has 0 unspecified atom stereocenters. The van der Waals surface area contributed by atoms with Gasteiger partial charge in [-0.05, 0) is 77.9 Å². The van der Waals surface area contributed by atoms with Crippen molar-refractivity contribution in [3.63, 3.8) is 0 Å². The summed E-state index contributed by atoms with van der Waals surface area (Å²) in [6, 6.07) is 69.2. The van der Waals surface area contributed by atoms with Gasteiger partial charge in [0.2, 0.25) is 0 Å². The van der Waals surface area contributed by atoms with Crippen LogP contribution in [-0.2, 0) is 0 Å². The fourth-order valence-corrected chi connectivity index (χ4v) is 7.70. The van der Waals surface area contributed by atoms with E-state index in [9.17, 15) is 0 Å². The molecule has 0 radical (unpaired) electrons. The summed E-state index contributed by atoms with van der Waals surface area (Å²) in [7, 11) is 0. The van der Waals surface area contributed by atoms with Crippen LogP contribution in [-0.4, -0.2) is 4.57 Å². The predicted octanol–water partition coefficient (Wildman–Crippen LogP) is 13.5. The summed E-state index contributed by atoms with van der Waals surface area (Å²) >= 11 is 0. The fraction of sp³-hybridized carbons (Fsp3) is 0. The number of rotatable bonds is 6. The zero-order chi connectivity index (χ0) is 33.7. The molecule has 0 aliphatic heterocycles. The molecule has 0 fully saturated rings. The number of hydrogen-bond donors (Lipinski definition) is 0. The third-order valence-corrected chi connectivity index (χ3v) is 9.99. The topological polar surface area (TPSA) is 21.3 Å². The fourth-order valence-electron chi connectivity index (χ4n) is 7.70. The number of aromatic nitrogens is 1. The molecule has 0 saturated heterocycles. The van der Waals surface area contributed by atoms with Crippen molar-refractivity contribution in [3.05, 3.63) is 194 Å². The number of anilines is 3. The highest BCUT2D eigenvalue weighted by atomic mass is 16.3. The third-order valence-electron chi connectivity index (χ3n) is 9.99. The highest BCUT2D eigenvalue weighted by molar-refractivity contribution is 6.10. The van der Waals surface area contributed by atoms with Crippen LogP contribution in [0.5, 0.6) is 0 Å². The Kier molecular flexibility index (Phi) is 6.81. The Morgan fingerprint density at radius 2 is 0.980 bits per heavy atom. The molecule has 10 aromatic rings. The minimum Gasteiger partial charge on any atom is -0.456 e. The molecule has 10 rings (SSSR count). The molecule has 8 aromatic carbocycles. The molecule has 2 aromatic heterocycles. The van der Waals surface area contributed by atoms with Gasteiger partial charge in [0.05, 0.1) is 22.4 Å². The van der Waals surface area contributed by atoms with Crippen LogP contribution in [0.1, 0.15) is 0 Å². The van der Waals surface area contributed by atoms with Crippen molar-refractivity contribution in [3.8, 4) is 27.9 Å². The quantitative estimate of drug-likeness (QED) is 0.178. The van der Waals surface area contributed by atoms with Gasteiger partial charge in [0.25, 0.3) is 0 Å². The van der Waals surface area contributed by atoms with E-state index in [0.29, 0.717) is 0 Å². The molecule has 0 atom stereocenters. The van der Waals surface area contributed by atoms with E-state index in [-0.39, 0.29) is 0 Å². The van der Waals surface area contributed by atoms with E-state index in [1.807, 2.05) is 12.1 Å². The zero-order valence-corrected chi connectivity index (χ0v) is 27.8. The first-order chi connectivity index (χ1) is 25.3. The lowest BCUT2D eigenvalue weighted by Gasteiger charge is -2.28. The lowest BCUT2D eigenvalue weighted by atomic mass is 9.95. The summed E-state index contributed by atoms with van der Waals surface area (Å²) in [4.78, 5) is 2.37. The normalized spacial score (nSPS) is 11.5. The van der Waals surface area contributed by atoms with Crippen molar-refractivity contribution >= 4 is 60.8 Å². The second kappa shape index (κ2) is 11.9. The Morgan fingerprint density at radius 3 is 1.75 bits per heavy atom. The number of furan rings is 1. The van der Waals surface area contributed by atoms with E-state index in [4.69, 9.17) is 4.42 Å². The van der Waals surface area contributed by atoms with Gasteiger partial charge in [-0.25, -0.2) is 0 Å². The molecule has 3 heteroatoms. The highest BCUT2D eigenvalue weighted by Gasteiger charge is 2.21. The van der Waals surface area contributed by atoms with E-state index in [2.05, 4.69) is 191 Å². The van der Waals surface area contributed by atoms with Crippen LogP contribution in [0.3, 0.4) is 0 Å². The summed E-state index contributed by atoms with van der Waals surface area (Å²) in [5.41, 5.74) is 13.2. The Morgan fingerprint density at radius 1 is 0.373 bits per heavy atom. The van der Waals surface area contributed by atoms with Gasteiger partial charge in [0, 0.05) is 44.0 Å². The van der Waals surface area contributed by atoms with Crippen molar-refractivity contribution in [2.24, 2.45) is 0 Å². The van der Waals surface area contributed by atoms with E-state index in [1.54, 1.807) is 0 Å². The molecule has 3 nitrogen and oxygen atoms in total. The largest absolute Gasteiger partial charge is 0.456 e. The maximum absolute atomic E-state index is 6.23. The standard InChI is InChI=1S/C48H32N2O/c1-3-15-33(16-4-1)41-31-34(37-19-7-11-23-43(37)50-44-24-12-8-20-38(44)39-21-9-13-25-45(39)50)27-29-46(41)49(35-17-5-2-6-18-35)36-28-30-48-42(32-36)40-22-10-14-26-47(40)51-48/h1-32H. The lowest BCUT2D eigenvalue weighted by molar-refractivity contribution is 0.669. The van der Waals surface area contributed by atoms with Crippen LogP contribution in [0.25, 0.3) is 71.7 Å². The van der Waals surface area contributed by atoms with Gasteiger partial charge in [-0.2, -0.15) is 0 Å². The molecule has 240 valence electrons. The molecular weight excluding hydrogens is 621 g/mol. The van der Waals surface area contributed by atoms with Crippen molar-refractivity contribution in [1.29, 1.82) is 0 Å². The summed E-state index contributed by atoms with van der Waals surface area (Å²) < 4.78 is 8.64. The molecule has 0 amide bonds. The summed E-state index contributed by atoms with van der Waals surface area (Å²) in [5.74, 6) is 0. The molecule has 51 heavy (non-hydrogen) atoms. The molecule has 0 aliphatic carbocycles. The Hall–Kier alpha value is -6.84. The molecule has 0 aliphatic rings. The predicted molar refractivity (Wildman–Crippen MR) is 214 cm³/mol. The van der Waals surface area contributed by atoms with Crippen LogP contribution >= 0.6 is 0 Å². The van der Waals surface area contributed by atoms with E-state index >= 15 is 0 Å². The van der Waals surface area contributed by atoms with Gasteiger partial charge in [-0.3, -0.25) is 0 Å². The minimum absolute atomic E-state index is 0.883. The van der Waals surface area contributed by atoms with Crippen LogP contribution < -0.4 is 4.90 Å². The second-order valence-corrected chi connectivity index (χ2v) is 12.9. The number of benzene rings is 8. The molecular formula is C48H32N2O. The number of nitrogens with zero attached hydrogens (tertiary/aromatic N) is 2. The number of para-hydroxylation sites is 5. The van der Waals surface area contributed by atoms with Crippen molar-refractivity contribution in [2.45, 2.75) is 0 Å². The van der Waals surface area contributed by atoms with Crippen molar-refractivity contribution in [1.82, 2.24) is 4.57 Å². The molecule has 0 bridgehead atoms. The summed E-state index contributed by atoms with van der Waals surface area (Å²) in [6.45, 7) is 0. The lowest BCUT2D eigenvalue weighted by Crippen LogP contribution is -2.11. The average molecular weight is 653 g/mol. The monoisotopic (exact) mass is 652 g/mol. The first kappa shape index (κ1) is 29.1. The van der Waals surface area contributed by atoms with Crippen LogP contribution in [0, 0.1) is 0 Å². The first-order valence-corrected chi connectivity index (χ1v) is 17.4. The summed E-state index contributed by atoms with van der Waals surface area (Å²) in [6.07, 6.45) is 0. The van der Waals surface area contributed by atoms with E-state index < -0.39 is 0 Å². The van der Waals surface area contributed by atoms with Gasteiger partial charge in [-0.15, -0.1) is 0 Å². The van der Waals surface area contributed by atoms with Gasteiger partial charge < -0.3 is 13.9 Å². The minimum atomic E-state index is 0.883. The Balaban J connectivity index is 1.21. The maximum Gasteiger partial charge on any atom is 0.135 e. The Labute approximate surface area is 295 Å². The second-order valence-electron chi connectivity index (χ2n) is 12.9. The van der Waals surface area contributed by atoms with Gasteiger partial charge in [0.15, 0.2) is 0 Å². The summed E-state index contributed by atoms with van der Waals surface area (Å²) in [5, 5.41) is 4.72. The Bertz CT molecular complexity index is 2810. The number of hydrogen-bond acceptors (Lipinski definition) is 2. The van der Waals surface area contributed by atoms with Gasteiger partial charge in [0.1, 0.15) is 11.2 Å². The van der Waals surface area contributed by atoms with E-state index in [1.165, 1.54) is 27.4 Å². The molecule has 0 N–H and O–H groups in total. The SMILES string of the molecule is c1ccc(-c2cc(-c3ccccc3-n3c4ccccc4c4ccccc43)ccc2N(c2ccccc2)c2ccc3oc4ccccc4c3c2)cc1. The van der Waals surface area contributed by atoms with Crippen molar-refractivity contribution in [2.75, 3.05) is 4.90 Å². The van der Waals surface area contributed by atoms with Crippen LogP contribution in [0.15, 0.2) is 199 Å².